The molecule has 4 nitrogen and oxygen atoms in total. The molecule has 0 radical (unpaired) electrons. The molecule has 0 spiro atoms. The van der Waals surface area contributed by atoms with Gasteiger partial charge in [0.25, 0.3) is 0 Å². The Hall–Kier alpha value is -1.38. The van der Waals surface area contributed by atoms with Gasteiger partial charge in [-0.2, -0.15) is 5.26 Å². The number of hydrogen-bond acceptors (Lipinski definition) is 4. The van der Waals surface area contributed by atoms with Crippen LogP contribution in [0.15, 0.2) is 0 Å². The fourth-order valence-corrected chi connectivity index (χ4v) is 4.21. The zero-order chi connectivity index (χ0) is 15.6. The molecule has 1 heterocycles. The molecule has 0 fully saturated rings. The predicted molar refractivity (Wildman–Crippen MR) is 86.2 cm³/mol. The van der Waals surface area contributed by atoms with Crippen molar-refractivity contribution >= 4 is 22.2 Å². The molecule has 0 saturated heterocycles. The van der Waals surface area contributed by atoms with Crippen LogP contribution in [0.4, 0.5) is 5.00 Å². The molecule has 1 amide bonds. The molecule has 0 aliphatic heterocycles. The first kappa shape index (κ1) is 16.0. The summed E-state index contributed by atoms with van der Waals surface area (Å²) in [5.74, 6) is 0.555. The lowest BCUT2D eigenvalue weighted by atomic mass is 9.88. The molecule has 21 heavy (non-hydrogen) atoms. The molecule has 1 aliphatic rings. The molecule has 2 unspecified atom stereocenters. The van der Waals surface area contributed by atoms with Gasteiger partial charge in [0.2, 0.25) is 5.91 Å². The van der Waals surface area contributed by atoms with E-state index < -0.39 is 0 Å². The quantitative estimate of drug-likeness (QED) is 0.897. The Morgan fingerprint density at radius 2 is 2.29 bits per heavy atom. The van der Waals surface area contributed by atoms with E-state index in [0.29, 0.717) is 23.0 Å². The first-order chi connectivity index (χ1) is 9.97. The molecule has 1 aromatic heterocycles. The van der Waals surface area contributed by atoms with Crippen LogP contribution in [0.5, 0.6) is 0 Å². The predicted octanol–water partition coefficient (Wildman–Crippen LogP) is 2.91. The Labute approximate surface area is 130 Å². The van der Waals surface area contributed by atoms with Crippen LogP contribution in [-0.4, -0.2) is 12.5 Å². The minimum atomic E-state index is -0.213. The van der Waals surface area contributed by atoms with Crippen molar-refractivity contribution in [1.82, 2.24) is 0 Å². The average molecular weight is 305 g/mol. The number of amides is 1. The van der Waals surface area contributed by atoms with E-state index in [2.05, 4.69) is 18.3 Å². The van der Waals surface area contributed by atoms with Gasteiger partial charge in [0, 0.05) is 11.4 Å². The highest BCUT2D eigenvalue weighted by molar-refractivity contribution is 7.16. The van der Waals surface area contributed by atoms with E-state index in [1.54, 1.807) is 11.3 Å². The van der Waals surface area contributed by atoms with E-state index in [1.165, 1.54) is 4.88 Å². The highest BCUT2D eigenvalue weighted by atomic mass is 32.1. The zero-order valence-electron chi connectivity index (χ0n) is 12.9. The average Bonchev–Trinajstić information content (AvgIpc) is 2.74. The summed E-state index contributed by atoms with van der Waals surface area (Å²) in [6, 6.07) is 2.27. The number of rotatable bonds is 4. The van der Waals surface area contributed by atoms with Gasteiger partial charge >= 0.3 is 0 Å². The van der Waals surface area contributed by atoms with Crippen molar-refractivity contribution in [3.63, 3.8) is 0 Å². The number of nitrogens with zero attached hydrogens (tertiary/aromatic N) is 1. The van der Waals surface area contributed by atoms with E-state index in [1.807, 2.05) is 13.8 Å². The van der Waals surface area contributed by atoms with Gasteiger partial charge in [-0.1, -0.05) is 20.8 Å². The summed E-state index contributed by atoms with van der Waals surface area (Å²) in [7, 11) is 0. The van der Waals surface area contributed by atoms with E-state index in [4.69, 9.17) is 5.73 Å². The third kappa shape index (κ3) is 3.28. The first-order valence-electron chi connectivity index (χ1n) is 7.53. The van der Waals surface area contributed by atoms with E-state index >= 15 is 0 Å². The number of nitrogens with one attached hydrogen (secondary N) is 1. The van der Waals surface area contributed by atoms with Gasteiger partial charge in [0.05, 0.1) is 11.5 Å². The smallest absolute Gasteiger partial charge is 0.229 e. The highest BCUT2D eigenvalue weighted by Crippen LogP contribution is 2.39. The minimum Gasteiger partial charge on any atom is -0.330 e. The van der Waals surface area contributed by atoms with E-state index in [-0.39, 0.29) is 17.7 Å². The van der Waals surface area contributed by atoms with Gasteiger partial charge in [-0.15, -0.1) is 11.3 Å². The number of anilines is 1. The third-order valence-corrected chi connectivity index (χ3v) is 5.43. The summed E-state index contributed by atoms with van der Waals surface area (Å²) < 4.78 is 0. The molecule has 0 aromatic carbocycles. The number of thiophene rings is 1. The number of carbonyl (C=O) groups is 1. The van der Waals surface area contributed by atoms with Crippen molar-refractivity contribution in [3.8, 4) is 6.07 Å². The second kappa shape index (κ2) is 6.59. The van der Waals surface area contributed by atoms with Crippen molar-refractivity contribution in [2.45, 2.75) is 40.0 Å². The summed E-state index contributed by atoms with van der Waals surface area (Å²) in [4.78, 5) is 13.6. The van der Waals surface area contributed by atoms with Gasteiger partial charge in [-0.25, -0.2) is 0 Å². The van der Waals surface area contributed by atoms with Crippen LogP contribution in [0.25, 0.3) is 0 Å². The largest absolute Gasteiger partial charge is 0.330 e. The van der Waals surface area contributed by atoms with Crippen LogP contribution in [0, 0.1) is 29.1 Å². The summed E-state index contributed by atoms with van der Waals surface area (Å²) in [6.45, 7) is 6.54. The Morgan fingerprint density at radius 3 is 2.86 bits per heavy atom. The topological polar surface area (TPSA) is 78.9 Å². The number of hydrogen-bond donors (Lipinski definition) is 2. The van der Waals surface area contributed by atoms with Gasteiger partial charge in [0.1, 0.15) is 11.1 Å². The van der Waals surface area contributed by atoms with Gasteiger partial charge in [-0.3, -0.25) is 4.79 Å². The fraction of sp³-hybridized carbons (Fsp3) is 0.625. The van der Waals surface area contributed by atoms with Crippen molar-refractivity contribution in [2.75, 3.05) is 11.9 Å². The lowest BCUT2D eigenvalue weighted by Gasteiger charge is -2.17. The zero-order valence-corrected chi connectivity index (χ0v) is 13.7. The standard InChI is InChI=1S/C16H23N3OS/c1-9(2)12(7-17)15(20)19-16-13(8-18)11-5-4-10(3)6-14(11)21-16/h9-10,12H,4-7,17H2,1-3H3,(H,19,20). The van der Waals surface area contributed by atoms with Crippen molar-refractivity contribution in [3.05, 3.63) is 16.0 Å². The molecule has 1 aliphatic carbocycles. The lowest BCUT2D eigenvalue weighted by molar-refractivity contribution is -0.120. The van der Waals surface area contributed by atoms with Crippen LogP contribution >= 0.6 is 11.3 Å². The Morgan fingerprint density at radius 1 is 1.57 bits per heavy atom. The maximum atomic E-state index is 12.3. The molecule has 114 valence electrons. The minimum absolute atomic E-state index is 0.0735. The second-order valence-electron chi connectivity index (χ2n) is 6.24. The molecule has 3 N–H and O–H groups in total. The molecule has 2 atom stereocenters. The van der Waals surface area contributed by atoms with Crippen molar-refractivity contribution < 1.29 is 4.79 Å². The molecule has 0 bridgehead atoms. The Balaban J connectivity index is 2.25. The molecule has 5 heteroatoms. The fourth-order valence-electron chi connectivity index (χ4n) is 2.84. The van der Waals surface area contributed by atoms with Crippen LogP contribution in [-0.2, 0) is 17.6 Å². The third-order valence-electron chi connectivity index (χ3n) is 4.26. The van der Waals surface area contributed by atoms with E-state index in [9.17, 15) is 10.1 Å². The second-order valence-corrected chi connectivity index (χ2v) is 7.35. The Kier molecular flexibility index (Phi) is 5.02. The number of nitriles is 1. The van der Waals surface area contributed by atoms with Gasteiger partial charge < -0.3 is 11.1 Å². The summed E-state index contributed by atoms with van der Waals surface area (Å²) in [5, 5.41) is 13.1. The molecule has 0 saturated carbocycles. The van der Waals surface area contributed by atoms with Crippen LogP contribution < -0.4 is 11.1 Å². The van der Waals surface area contributed by atoms with Crippen LogP contribution in [0.2, 0.25) is 0 Å². The molecular formula is C16H23N3OS. The maximum absolute atomic E-state index is 12.3. The number of fused-ring (bicyclic) bond motifs is 1. The van der Waals surface area contributed by atoms with Gasteiger partial charge in [-0.05, 0) is 36.7 Å². The number of nitrogens with two attached hydrogens (primary N) is 1. The summed E-state index contributed by atoms with van der Waals surface area (Å²) in [6.07, 6.45) is 3.06. The molecule has 1 aromatic rings. The monoisotopic (exact) mass is 305 g/mol. The van der Waals surface area contributed by atoms with Crippen LogP contribution in [0.3, 0.4) is 0 Å². The van der Waals surface area contributed by atoms with Crippen molar-refractivity contribution in [1.29, 1.82) is 5.26 Å². The summed E-state index contributed by atoms with van der Waals surface area (Å²) >= 11 is 1.56. The maximum Gasteiger partial charge on any atom is 0.229 e. The summed E-state index contributed by atoms with van der Waals surface area (Å²) in [5.41, 5.74) is 7.50. The Bertz CT molecular complexity index is 571. The molecule has 2 rings (SSSR count). The number of carbonyl (C=O) groups excluding carboxylic acids is 1. The highest BCUT2D eigenvalue weighted by Gasteiger charge is 2.27. The van der Waals surface area contributed by atoms with E-state index in [0.717, 1.165) is 24.8 Å². The van der Waals surface area contributed by atoms with Crippen molar-refractivity contribution in [2.24, 2.45) is 23.5 Å². The first-order valence-corrected chi connectivity index (χ1v) is 8.35. The SMILES string of the molecule is CC1CCc2c(sc(NC(=O)C(CN)C(C)C)c2C#N)C1. The normalized spacial score (nSPS) is 19.0. The molecular weight excluding hydrogens is 282 g/mol. The lowest BCUT2D eigenvalue weighted by Crippen LogP contribution is -2.33. The van der Waals surface area contributed by atoms with Gasteiger partial charge in [0.15, 0.2) is 0 Å². The van der Waals surface area contributed by atoms with Crippen LogP contribution in [0.1, 0.15) is 43.2 Å².